The highest BCUT2D eigenvalue weighted by Crippen LogP contribution is 2.14. The molecule has 0 aromatic carbocycles. The topological polar surface area (TPSA) is 40.5 Å². The summed E-state index contributed by atoms with van der Waals surface area (Å²) in [5.41, 5.74) is 0.123. The van der Waals surface area contributed by atoms with Crippen molar-refractivity contribution in [3.63, 3.8) is 0 Å². The molecule has 0 radical (unpaired) electrons. The Hall–Kier alpha value is -0.830. The van der Waals surface area contributed by atoms with Crippen molar-refractivity contribution in [2.75, 3.05) is 19.6 Å². The molecule has 1 N–H and O–H groups in total. The number of hydrogen-bond acceptors (Lipinski definition) is 2. The second-order valence-corrected chi connectivity index (χ2v) is 4.41. The summed E-state index contributed by atoms with van der Waals surface area (Å²) in [6.45, 7) is 11.4. The first-order valence-corrected chi connectivity index (χ1v) is 4.40. The first-order chi connectivity index (χ1) is 5.85. The predicted octanol–water partition coefficient (Wildman–Crippen LogP) is 1.61. The van der Waals surface area contributed by atoms with Gasteiger partial charge in [0, 0.05) is 13.1 Å². The summed E-state index contributed by atoms with van der Waals surface area (Å²) >= 11 is 0. The molecule has 0 unspecified atom stereocenters. The zero-order chi connectivity index (χ0) is 10.5. The molecule has 0 aliphatic heterocycles. The molecular formula is C10H19NO2. The molecule has 76 valence electrons. The van der Waals surface area contributed by atoms with Gasteiger partial charge in [0.15, 0.2) is 0 Å². The summed E-state index contributed by atoms with van der Waals surface area (Å²) < 4.78 is 0. The maximum Gasteiger partial charge on any atom is 0.317 e. The number of nitrogens with zero attached hydrogens (tertiary/aromatic N) is 1. The van der Waals surface area contributed by atoms with Crippen LogP contribution in [0.4, 0.5) is 0 Å². The van der Waals surface area contributed by atoms with E-state index in [0.29, 0.717) is 6.54 Å². The van der Waals surface area contributed by atoms with E-state index in [4.69, 9.17) is 5.11 Å². The first-order valence-electron chi connectivity index (χ1n) is 4.40. The Bertz CT molecular complexity index is 182. The standard InChI is InChI=1S/C10H19NO2/c1-5-6-11(7-9(12)13)8-10(2,3)4/h5H,1,6-8H2,2-4H3,(H,12,13). The molecule has 13 heavy (non-hydrogen) atoms. The molecular weight excluding hydrogens is 166 g/mol. The Morgan fingerprint density at radius 3 is 2.38 bits per heavy atom. The van der Waals surface area contributed by atoms with E-state index in [0.717, 1.165) is 6.54 Å². The van der Waals surface area contributed by atoms with Crippen LogP contribution in [-0.2, 0) is 4.79 Å². The minimum absolute atomic E-state index is 0.0866. The predicted molar refractivity (Wildman–Crippen MR) is 53.7 cm³/mol. The number of carboxylic acids is 1. The van der Waals surface area contributed by atoms with Gasteiger partial charge in [0.05, 0.1) is 6.54 Å². The molecule has 0 bridgehead atoms. The number of aliphatic carboxylic acids is 1. The normalized spacial score (nSPS) is 11.7. The van der Waals surface area contributed by atoms with Gasteiger partial charge in [-0.2, -0.15) is 0 Å². The molecule has 0 aromatic heterocycles. The summed E-state index contributed by atoms with van der Waals surface area (Å²) in [4.78, 5) is 12.4. The minimum Gasteiger partial charge on any atom is -0.480 e. The third-order valence-corrected chi connectivity index (χ3v) is 1.44. The highest BCUT2D eigenvalue weighted by Gasteiger charge is 2.17. The Morgan fingerprint density at radius 2 is 2.08 bits per heavy atom. The van der Waals surface area contributed by atoms with Gasteiger partial charge in [0.1, 0.15) is 0 Å². The van der Waals surface area contributed by atoms with Crippen LogP contribution in [0.1, 0.15) is 20.8 Å². The molecule has 3 nitrogen and oxygen atoms in total. The van der Waals surface area contributed by atoms with E-state index in [2.05, 4.69) is 27.4 Å². The van der Waals surface area contributed by atoms with Crippen LogP contribution < -0.4 is 0 Å². The maximum absolute atomic E-state index is 10.5. The summed E-state index contributed by atoms with van der Waals surface area (Å²) in [6, 6.07) is 0. The van der Waals surface area contributed by atoms with E-state index in [1.165, 1.54) is 0 Å². The lowest BCUT2D eigenvalue weighted by molar-refractivity contribution is -0.138. The summed E-state index contributed by atoms with van der Waals surface area (Å²) in [5.74, 6) is -0.786. The van der Waals surface area contributed by atoms with Gasteiger partial charge in [-0.25, -0.2) is 0 Å². The van der Waals surface area contributed by atoms with Crippen LogP contribution in [0, 0.1) is 5.41 Å². The van der Waals surface area contributed by atoms with Crippen LogP contribution in [0.25, 0.3) is 0 Å². The van der Waals surface area contributed by atoms with Gasteiger partial charge in [-0.05, 0) is 5.41 Å². The van der Waals surface area contributed by atoms with E-state index in [1.807, 2.05) is 4.90 Å². The fourth-order valence-corrected chi connectivity index (χ4v) is 1.23. The van der Waals surface area contributed by atoms with Crippen molar-refractivity contribution in [1.82, 2.24) is 4.90 Å². The maximum atomic E-state index is 10.5. The number of rotatable bonds is 5. The molecule has 0 aliphatic carbocycles. The highest BCUT2D eigenvalue weighted by atomic mass is 16.4. The van der Waals surface area contributed by atoms with Gasteiger partial charge in [0.2, 0.25) is 0 Å². The molecule has 0 saturated heterocycles. The third kappa shape index (κ3) is 7.53. The summed E-state index contributed by atoms with van der Waals surface area (Å²) in [6.07, 6.45) is 1.73. The molecule has 0 aromatic rings. The summed E-state index contributed by atoms with van der Waals surface area (Å²) in [5, 5.41) is 8.63. The van der Waals surface area contributed by atoms with Crippen LogP contribution in [0.2, 0.25) is 0 Å². The van der Waals surface area contributed by atoms with Crippen molar-refractivity contribution in [3.8, 4) is 0 Å². The Labute approximate surface area is 80.0 Å². The van der Waals surface area contributed by atoms with E-state index in [1.54, 1.807) is 6.08 Å². The van der Waals surface area contributed by atoms with E-state index < -0.39 is 5.97 Å². The van der Waals surface area contributed by atoms with Gasteiger partial charge >= 0.3 is 5.97 Å². The second-order valence-electron chi connectivity index (χ2n) is 4.41. The van der Waals surface area contributed by atoms with Crippen LogP contribution >= 0.6 is 0 Å². The van der Waals surface area contributed by atoms with Crippen LogP contribution in [0.3, 0.4) is 0 Å². The van der Waals surface area contributed by atoms with Crippen molar-refractivity contribution in [1.29, 1.82) is 0 Å². The number of carbonyl (C=O) groups is 1. The van der Waals surface area contributed by atoms with Crippen molar-refractivity contribution in [3.05, 3.63) is 12.7 Å². The van der Waals surface area contributed by atoms with Crippen LogP contribution in [-0.4, -0.2) is 35.6 Å². The van der Waals surface area contributed by atoms with Crippen LogP contribution in [0.15, 0.2) is 12.7 Å². The lowest BCUT2D eigenvalue weighted by atomic mass is 9.96. The molecule has 0 rings (SSSR count). The zero-order valence-corrected chi connectivity index (χ0v) is 8.71. The van der Waals surface area contributed by atoms with E-state index in [9.17, 15) is 4.79 Å². The molecule has 0 aliphatic rings. The monoisotopic (exact) mass is 185 g/mol. The third-order valence-electron chi connectivity index (χ3n) is 1.44. The average Bonchev–Trinajstić information content (AvgIpc) is 1.81. The number of carboxylic acid groups (broad SMARTS) is 1. The van der Waals surface area contributed by atoms with E-state index in [-0.39, 0.29) is 12.0 Å². The highest BCUT2D eigenvalue weighted by molar-refractivity contribution is 5.69. The van der Waals surface area contributed by atoms with Crippen molar-refractivity contribution >= 4 is 5.97 Å². The van der Waals surface area contributed by atoms with Gasteiger partial charge < -0.3 is 5.11 Å². The number of hydrogen-bond donors (Lipinski definition) is 1. The van der Waals surface area contributed by atoms with Gasteiger partial charge in [-0.3, -0.25) is 9.69 Å². The zero-order valence-electron chi connectivity index (χ0n) is 8.71. The second kappa shape index (κ2) is 5.02. The fourth-order valence-electron chi connectivity index (χ4n) is 1.23. The molecule has 0 fully saturated rings. The largest absolute Gasteiger partial charge is 0.480 e. The molecule has 0 spiro atoms. The molecule has 0 saturated carbocycles. The average molecular weight is 185 g/mol. The molecule has 0 heterocycles. The lowest BCUT2D eigenvalue weighted by Gasteiger charge is -2.27. The minimum atomic E-state index is -0.786. The van der Waals surface area contributed by atoms with Crippen molar-refractivity contribution in [2.24, 2.45) is 5.41 Å². The van der Waals surface area contributed by atoms with Gasteiger partial charge in [0.25, 0.3) is 0 Å². The first kappa shape index (κ1) is 12.2. The van der Waals surface area contributed by atoms with Gasteiger partial charge in [-0.1, -0.05) is 26.8 Å². The quantitative estimate of drug-likeness (QED) is 0.661. The van der Waals surface area contributed by atoms with Crippen molar-refractivity contribution < 1.29 is 9.90 Å². The smallest absolute Gasteiger partial charge is 0.317 e. The molecule has 3 heteroatoms. The molecule has 0 atom stereocenters. The molecule has 0 amide bonds. The Balaban J connectivity index is 4.09. The Morgan fingerprint density at radius 1 is 1.54 bits per heavy atom. The van der Waals surface area contributed by atoms with Crippen LogP contribution in [0.5, 0.6) is 0 Å². The van der Waals surface area contributed by atoms with Crippen molar-refractivity contribution in [2.45, 2.75) is 20.8 Å². The SMILES string of the molecule is C=CCN(CC(=O)O)CC(C)(C)C. The fraction of sp³-hybridized carbons (Fsp3) is 0.700. The lowest BCUT2D eigenvalue weighted by Crippen LogP contribution is -2.36. The Kier molecular flexibility index (Phi) is 4.70. The summed E-state index contributed by atoms with van der Waals surface area (Å²) in [7, 11) is 0. The van der Waals surface area contributed by atoms with E-state index >= 15 is 0 Å². The van der Waals surface area contributed by atoms with Gasteiger partial charge in [-0.15, -0.1) is 6.58 Å².